The monoisotopic (exact) mass is 472 g/mol. The van der Waals surface area contributed by atoms with E-state index in [1.807, 2.05) is 22.8 Å². The second-order valence-electron chi connectivity index (χ2n) is 8.73. The number of benzene rings is 1. The van der Waals surface area contributed by atoms with E-state index in [2.05, 4.69) is 68.5 Å². The molecular formula is C24H33ClN6S. The maximum absolute atomic E-state index is 6.39. The standard InChI is InChI=1S/C24H33ClN6S/c1-16(2)29-11-8-12-31-22(28-7)20(21(26)27-6)30-23(31)32-19-14-17(13-18(25)15-19)9-10-24(3,4)5/h13-16,29H,7-8,11-12H2,1-6H3,(H2,26,27). The first-order valence-corrected chi connectivity index (χ1v) is 11.8. The molecule has 0 saturated carbocycles. The number of aromatic nitrogens is 2. The second-order valence-corrected chi connectivity index (χ2v) is 10.2. The fourth-order valence-electron chi connectivity index (χ4n) is 2.83. The van der Waals surface area contributed by atoms with Gasteiger partial charge in [0.2, 0.25) is 0 Å². The highest BCUT2D eigenvalue weighted by atomic mass is 35.5. The summed E-state index contributed by atoms with van der Waals surface area (Å²) in [5.74, 6) is 7.43. The van der Waals surface area contributed by atoms with Crippen LogP contribution in [0, 0.1) is 17.3 Å². The first-order valence-electron chi connectivity index (χ1n) is 10.6. The molecule has 0 atom stereocenters. The summed E-state index contributed by atoms with van der Waals surface area (Å²) in [6.07, 6.45) is 0.908. The van der Waals surface area contributed by atoms with Gasteiger partial charge in [0, 0.05) is 40.5 Å². The van der Waals surface area contributed by atoms with Gasteiger partial charge >= 0.3 is 0 Å². The summed E-state index contributed by atoms with van der Waals surface area (Å²) in [7, 11) is 1.64. The Kier molecular flexibility index (Phi) is 9.38. The maximum Gasteiger partial charge on any atom is 0.175 e. The van der Waals surface area contributed by atoms with Gasteiger partial charge < -0.3 is 15.6 Å². The zero-order chi connectivity index (χ0) is 23.9. The number of nitrogens with zero attached hydrogens (tertiary/aromatic N) is 4. The van der Waals surface area contributed by atoms with Gasteiger partial charge in [-0.25, -0.2) is 9.98 Å². The van der Waals surface area contributed by atoms with Crippen LogP contribution >= 0.6 is 23.4 Å². The zero-order valence-corrected chi connectivity index (χ0v) is 21.4. The van der Waals surface area contributed by atoms with Gasteiger partial charge in [0.15, 0.2) is 16.7 Å². The molecule has 0 aliphatic carbocycles. The number of rotatable bonds is 9. The molecule has 2 aromatic rings. The predicted octanol–water partition coefficient (Wildman–Crippen LogP) is 5.14. The van der Waals surface area contributed by atoms with Gasteiger partial charge in [-0.2, -0.15) is 0 Å². The topological polar surface area (TPSA) is 80.6 Å². The quantitative estimate of drug-likeness (QED) is 0.229. The van der Waals surface area contributed by atoms with E-state index < -0.39 is 0 Å². The van der Waals surface area contributed by atoms with Crippen LogP contribution in [-0.4, -0.2) is 41.7 Å². The number of amidine groups is 1. The van der Waals surface area contributed by atoms with Crippen LogP contribution in [0.2, 0.25) is 5.02 Å². The predicted molar refractivity (Wildman–Crippen MR) is 138 cm³/mol. The minimum atomic E-state index is -0.0909. The van der Waals surface area contributed by atoms with Crippen molar-refractivity contribution in [2.24, 2.45) is 21.1 Å². The summed E-state index contributed by atoms with van der Waals surface area (Å²) in [4.78, 5) is 14.0. The first-order chi connectivity index (χ1) is 15.0. The Morgan fingerprint density at radius 3 is 2.66 bits per heavy atom. The first kappa shape index (κ1) is 26.0. The summed E-state index contributed by atoms with van der Waals surface area (Å²) >= 11 is 7.89. The minimum Gasteiger partial charge on any atom is -0.382 e. The molecule has 0 bridgehead atoms. The van der Waals surface area contributed by atoms with Crippen LogP contribution in [0.4, 0.5) is 5.82 Å². The van der Waals surface area contributed by atoms with Crippen molar-refractivity contribution >= 4 is 41.7 Å². The van der Waals surface area contributed by atoms with Crippen molar-refractivity contribution in [2.45, 2.75) is 63.7 Å². The molecule has 0 aliphatic rings. The zero-order valence-electron chi connectivity index (χ0n) is 19.8. The Labute approximate surface area is 201 Å². The van der Waals surface area contributed by atoms with E-state index in [1.54, 1.807) is 7.05 Å². The highest BCUT2D eigenvalue weighted by molar-refractivity contribution is 7.99. The van der Waals surface area contributed by atoms with E-state index in [1.165, 1.54) is 11.8 Å². The number of hydrogen-bond donors (Lipinski definition) is 2. The van der Waals surface area contributed by atoms with Gasteiger partial charge in [0.05, 0.1) is 0 Å². The molecule has 2 rings (SSSR count). The van der Waals surface area contributed by atoms with Crippen LogP contribution in [0.3, 0.4) is 0 Å². The number of nitrogens with one attached hydrogen (secondary N) is 1. The number of aliphatic imine (C=N–C) groups is 2. The Balaban J connectivity index is 2.43. The Bertz CT molecular complexity index is 1040. The molecule has 3 N–H and O–H groups in total. The molecule has 0 amide bonds. The average Bonchev–Trinajstić information content (AvgIpc) is 3.05. The van der Waals surface area contributed by atoms with Gasteiger partial charge in [0.1, 0.15) is 5.84 Å². The van der Waals surface area contributed by atoms with Crippen molar-refractivity contribution in [2.75, 3.05) is 13.6 Å². The maximum atomic E-state index is 6.39. The molecule has 6 nitrogen and oxygen atoms in total. The summed E-state index contributed by atoms with van der Waals surface area (Å²) in [6.45, 7) is 15.8. The molecule has 0 fully saturated rings. The van der Waals surface area contributed by atoms with Crippen LogP contribution in [0.1, 0.15) is 52.3 Å². The number of halogens is 1. The highest BCUT2D eigenvalue weighted by Gasteiger charge is 2.20. The van der Waals surface area contributed by atoms with Crippen molar-refractivity contribution in [3.8, 4) is 11.8 Å². The summed E-state index contributed by atoms with van der Waals surface area (Å²) in [5.41, 5.74) is 7.41. The molecular weight excluding hydrogens is 440 g/mol. The third-order valence-corrected chi connectivity index (χ3v) is 5.50. The average molecular weight is 473 g/mol. The minimum absolute atomic E-state index is 0.0909. The van der Waals surface area contributed by atoms with Crippen molar-refractivity contribution in [3.05, 3.63) is 34.5 Å². The molecule has 0 unspecified atom stereocenters. The molecule has 32 heavy (non-hydrogen) atoms. The van der Waals surface area contributed by atoms with Crippen LogP contribution in [-0.2, 0) is 6.54 Å². The molecule has 1 heterocycles. The van der Waals surface area contributed by atoms with Crippen molar-refractivity contribution in [1.82, 2.24) is 14.9 Å². The number of hydrogen-bond acceptors (Lipinski definition) is 5. The van der Waals surface area contributed by atoms with E-state index in [0.29, 0.717) is 28.4 Å². The van der Waals surface area contributed by atoms with Gasteiger partial charge in [-0.05, 0) is 58.7 Å². The highest BCUT2D eigenvalue weighted by Crippen LogP contribution is 2.34. The molecule has 1 aromatic heterocycles. The normalized spacial score (nSPS) is 12.1. The smallest absolute Gasteiger partial charge is 0.175 e. The fourth-order valence-corrected chi connectivity index (χ4v) is 4.14. The van der Waals surface area contributed by atoms with Crippen LogP contribution in [0.25, 0.3) is 0 Å². The van der Waals surface area contributed by atoms with Gasteiger partial charge in [-0.1, -0.05) is 49.1 Å². The van der Waals surface area contributed by atoms with E-state index in [9.17, 15) is 0 Å². The van der Waals surface area contributed by atoms with Crippen LogP contribution in [0.15, 0.2) is 38.2 Å². The van der Waals surface area contributed by atoms with E-state index >= 15 is 0 Å². The summed E-state index contributed by atoms with van der Waals surface area (Å²) in [5, 5.41) is 4.83. The van der Waals surface area contributed by atoms with Crippen molar-refractivity contribution in [3.63, 3.8) is 0 Å². The molecule has 0 saturated heterocycles. The Morgan fingerprint density at radius 2 is 2.06 bits per heavy atom. The van der Waals surface area contributed by atoms with E-state index in [0.717, 1.165) is 35.1 Å². The van der Waals surface area contributed by atoms with Gasteiger partial charge in [-0.3, -0.25) is 4.99 Å². The van der Waals surface area contributed by atoms with Crippen LogP contribution in [0.5, 0.6) is 0 Å². The molecule has 8 heteroatoms. The molecule has 0 radical (unpaired) electrons. The lowest BCUT2D eigenvalue weighted by atomic mass is 9.97. The lowest BCUT2D eigenvalue weighted by Crippen LogP contribution is -2.24. The Hall–Kier alpha value is -2.27. The van der Waals surface area contributed by atoms with Crippen molar-refractivity contribution in [1.29, 1.82) is 0 Å². The van der Waals surface area contributed by atoms with E-state index in [-0.39, 0.29) is 5.41 Å². The molecule has 1 aromatic carbocycles. The van der Waals surface area contributed by atoms with Gasteiger partial charge in [0.25, 0.3) is 0 Å². The van der Waals surface area contributed by atoms with Crippen molar-refractivity contribution < 1.29 is 0 Å². The third kappa shape index (κ3) is 7.70. The number of nitrogens with two attached hydrogens (primary N) is 1. The SMILES string of the molecule is C=Nc1c(/C(N)=N\C)nc(Sc2cc(Cl)cc(C#CC(C)(C)C)c2)n1CCCNC(C)C. The molecule has 0 spiro atoms. The second kappa shape index (κ2) is 11.6. The van der Waals surface area contributed by atoms with E-state index in [4.69, 9.17) is 22.3 Å². The number of imidazole rings is 1. The Morgan fingerprint density at radius 1 is 1.34 bits per heavy atom. The van der Waals surface area contributed by atoms with Gasteiger partial charge in [-0.15, -0.1) is 0 Å². The summed E-state index contributed by atoms with van der Waals surface area (Å²) in [6, 6.07) is 6.23. The third-order valence-electron chi connectivity index (χ3n) is 4.31. The molecule has 0 aliphatic heterocycles. The van der Waals surface area contributed by atoms with Crippen LogP contribution < -0.4 is 11.1 Å². The lowest BCUT2D eigenvalue weighted by molar-refractivity contribution is 0.522. The largest absolute Gasteiger partial charge is 0.382 e. The fraction of sp³-hybridized carbons (Fsp3) is 0.458. The molecule has 172 valence electrons. The summed E-state index contributed by atoms with van der Waals surface area (Å²) < 4.78 is 2.04. The lowest BCUT2D eigenvalue weighted by Gasteiger charge is -2.12.